The summed E-state index contributed by atoms with van der Waals surface area (Å²) in [5, 5.41) is 19.6. The summed E-state index contributed by atoms with van der Waals surface area (Å²) in [6, 6.07) is 2.97. The molecule has 0 fully saturated rings. The van der Waals surface area contributed by atoms with E-state index in [2.05, 4.69) is 4.72 Å². The van der Waals surface area contributed by atoms with Gasteiger partial charge in [-0.15, -0.1) is 0 Å². The van der Waals surface area contributed by atoms with E-state index in [4.69, 9.17) is 5.11 Å². The molecule has 2 N–H and O–H groups in total. The highest BCUT2D eigenvalue weighted by Gasteiger charge is 2.22. The topological polar surface area (TPSA) is 110 Å². The molecular formula is C11H16N2O5S. The molecule has 8 heteroatoms. The monoisotopic (exact) mass is 288 g/mol. The van der Waals surface area contributed by atoms with E-state index in [-0.39, 0.29) is 22.8 Å². The summed E-state index contributed by atoms with van der Waals surface area (Å²) in [7, 11) is -3.79. The Labute approximate surface area is 111 Å². The molecule has 0 radical (unpaired) electrons. The van der Waals surface area contributed by atoms with Gasteiger partial charge in [-0.3, -0.25) is 10.1 Å². The van der Waals surface area contributed by atoms with Crippen LogP contribution in [0.25, 0.3) is 0 Å². The fourth-order valence-electron chi connectivity index (χ4n) is 1.58. The van der Waals surface area contributed by atoms with Gasteiger partial charge in [0.1, 0.15) is 0 Å². The van der Waals surface area contributed by atoms with E-state index in [9.17, 15) is 18.5 Å². The summed E-state index contributed by atoms with van der Waals surface area (Å²) in [4.78, 5) is 9.98. The molecule has 0 spiro atoms. The molecular weight excluding hydrogens is 272 g/mol. The van der Waals surface area contributed by atoms with E-state index in [0.717, 1.165) is 6.07 Å². The summed E-state index contributed by atoms with van der Waals surface area (Å²) < 4.78 is 26.5. The maximum absolute atomic E-state index is 12.1. The Bertz CT molecular complexity index is 566. The number of hydrogen-bond donors (Lipinski definition) is 2. The number of rotatable bonds is 6. The van der Waals surface area contributed by atoms with Crippen molar-refractivity contribution < 1.29 is 18.4 Å². The van der Waals surface area contributed by atoms with Crippen LogP contribution in [0, 0.1) is 17.0 Å². The molecule has 7 nitrogen and oxygen atoms in total. The zero-order valence-electron chi connectivity index (χ0n) is 10.7. The van der Waals surface area contributed by atoms with Crippen LogP contribution < -0.4 is 4.72 Å². The van der Waals surface area contributed by atoms with Crippen LogP contribution in [0.4, 0.5) is 5.69 Å². The van der Waals surface area contributed by atoms with Crippen molar-refractivity contribution in [3.63, 3.8) is 0 Å². The third-order valence-corrected chi connectivity index (χ3v) is 4.37. The third-order valence-electron chi connectivity index (χ3n) is 2.69. The highest BCUT2D eigenvalue weighted by molar-refractivity contribution is 7.89. The fourth-order valence-corrected chi connectivity index (χ4v) is 3.12. The molecule has 0 aliphatic carbocycles. The Balaban J connectivity index is 3.12. The first-order valence-electron chi connectivity index (χ1n) is 5.70. The molecule has 1 rings (SSSR count). The Hall–Kier alpha value is -1.51. The second kappa shape index (κ2) is 6.09. The van der Waals surface area contributed by atoms with Gasteiger partial charge in [0, 0.05) is 18.2 Å². The standard InChI is InChI=1S/C11H16N2O5S/c1-3-9(7-14)12-19(17,18)11-5-4-10(13(15)16)6-8(11)2/h4-6,9,12,14H,3,7H2,1-2H3/t9-/m1/s1. The Kier molecular flexibility index (Phi) is 4.98. The largest absolute Gasteiger partial charge is 0.395 e. The Morgan fingerprint density at radius 3 is 2.53 bits per heavy atom. The zero-order chi connectivity index (χ0) is 14.6. The molecule has 0 bridgehead atoms. The molecule has 0 saturated carbocycles. The minimum Gasteiger partial charge on any atom is -0.395 e. The van der Waals surface area contributed by atoms with Crippen molar-refractivity contribution in [3.05, 3.63) is 33.9 Å². The molecule has 1 aromatic rings. The second-order valence-electron chi connectivity index (χ2n) is 4.12. The van der Waals surface area contributed by atoms with E-state index >= 15 is 0 Å². The molecule has 0 aliphatic rings. The average Bonchev–Trinajstić information content (AvgIpc) is 2.35. The van der Waals surface area contributed by atoms with Crippen molar-refractivity contribution in [1.82, 2.24) is 4.72 Å². The van der Waals surface area contributed by atoms with Gasteiger partial charge in [-0.25, -0.2) is 13.1 Å². The molecule has 0 unspecified atom stereocenters. The molecule has 0 aliphatic heterocycles. The predicted molar refractivity (Wildman–Crippen MR) is 69.3 cm³/mol. The van der Waals surface area contributed by atoms with Gasteiger partial charge in [0.15, 0.2) is 0 Å². The third kappa shape index (κ3) is 3.72. The average molecular weight is 288 g/mol. The van der Waals surface area contributed by atoms with Gasteiger partial charge in [-0.2, -0.15) is 0 Å². The lowest BCUT2D eigenvalue weighted by atomic mass is 10.2. The number of non-ortho nitro benzene ring substituents is 1. The van der Waals surface area contributed by atoms with E-state index in [1.807, 2.05) is 0 Å². The van der Waals surface area contributed by atoms with Crippen LogP contribution >= 0.6 is 0 Å². The molecule has 0 heterocycles. The van der Waals surface area contributed by atoms with Gasteiger partial charge >= 0.3 is 0 Å². The lowest BCUT2D eigenvalue weighted by Crippen LogP contribution is -2.37. The van der Waals surface area contributed by atoms with E-state index in [1.165, 1.54) is 19.1 Å². The minimum absolute atomic E-state index is 0.0231. The van der Waals surface area contributed by atoms with Gasteiger partial charge in [-0.05, 0) is 25.0 Å². The maximum Gasteiger partial charge on any atom is 0.269 e. The smallest absolute Gasteiger partial charge is 0.269 e. The first-order chi connectivity index (χ1) is 8.81. The molecule has 19 heavy (non-hydrogen) atoms. The number of aliphatic hydroxyl groups is 1. The molecule has 0 aromatic heterocycles. The van der Waals surface area contributed by atoms with Crippen LogP contribution in [-0.2, 0) is 10.0 Å². The first kappa shape index (κ1) is 15.5. The van der Waals surface area contributed by atoms with Crippen LogP contribution in [0.1, 0.15) is 18.9 Å². The number of nitrogens with one attached hydrogen (secondary N) is 1. The molecule has 0 amide bonds. The first-order valence-corrected chi connectivity index (χ1v) is 7.18. The van der Waals surface area contributed by atoms with Gasteiger partial charge in [0.2, 0.25) is 10.0 Å². The van der Waals surface area contributed by atoms with Crippen molar-refractivity contribution in [2.24, 2.45) is 0 Å². The number of nitro groups is 1. The number of nitro benzene ring substituents is 1. The quantitative estimate of drug-likeness (QED) is 0.598. The van der Waals surface area contributed by atoms with E-state index in [0.29, 0.717) is 6.42 Å². The number of aliphatic hydroxyl groups excluding tert-OH is 1. The number of hydrogen-bond acceptors (Lipinski definition) is 5. The van der Waals surface area contributed by atoms with Crippen LogP contribution in [0.15, 0.2) is 23.1 Å². The minimum atomic E-state index is -3.79. The van der Waals surface area contributed by atoms with E-state index in [1.54, 1.807) is 6.92 Å². The van der Waals surface area contributed by atoms with Crippen molar-refractivity contribution >= 4 is 15.7 Å². The fraction of sp³-hybridized carbons (Fsp3) is 0.455. The molecule has 0 saturated heterocycles. The SMILES string of the molecule is CC[C@H](CO)NS(=O)(=O)c1ccc([N+](=O)[O-])cc1C. The normalized spacial score (nSPS) is 13.2. The number of benzene rings is 1. The van der Waals surface area contributed by atoms with Gasteiger partial charge in [-0.1, -0.05) is 6.92 Å². The van der Waals surface area contributed by atoms with Gasteiger partial charge < -0.3 is 5.11 Å². The molecule has 1 atom stereocenters. The highest BCUT2D eigenvalue weighted by atomic mass is 32.2. The number of nitrogens with zero attached hydrogens (tertiary/aromatic N) is 1. The maximum atomic E-state index is 12.1. The van der Waals surface area contributed by atoms with Crippen molar-refractivity contribution in [3.8, 4) is 0 Å². The number of sulfonamides is 1. The number of aryl methyl sites for hydroxylation is 1. The Morgan fingerprint density at radius 2 is 2.11 bits per heavy atom. The van der Waals surface area contributed by atoms with Crippen molar-refractivity contribution in [2.45, 2.75) is 31.2 Å². The predicted octanol–water partition coefficient (Wildman–Crippen LogP) is 0.952. The van der Waals surface area contributed by atoms with Crippen molar-refractivity contribution in [1.29, 1.82) is 0 Å². The summed E-state index contributed by atoms with van der Waals surface area (Å²) in [5.41, 5.74) is 0.125. The van der Waals surface area contributed by atoms with Crippen LogP contribution in [0.2, 0.25) is 0 Å². The lowest BCUT2D eigenvalue weighted by Gasteiger charge is -2.15. The molecule has 106 valence electrons. The van der Waals surface area contributed by atoms with Crippen molar-refractivity contribution in [2.75, 3.05) is 6.61 Å². The molecule has 1 aromatic carbocycles. The summed E-state index contributed by atoms with van der Waals surface area (Å²) >= 11 is 0. The van der Waals surface area contributed by atoms with E-state index < -0.39 is 21.0 Å². The van der Waals surface area contributed by atoms with Crippen LogP contribution in [0.5, 0.6) is 0 Å². The summed E-state index contributed by atoms with van der Waals surface area (Å²) in [6.07, 6.45) is 0.446. The lowest BCUT2D eigenvalue weighted by molar-refractivity contribution is -0.385. The van der Waals surface area contributed by atoms with Crippen LogP contribution in [0.3, 0.4) is 0 Å². The highest BCUT2D eigenvalue weighted by Crippen LogP contribution is 2.21. The summed E-state index contributed by atoms with van der Waals surface area (Å²) in [6.45, 7) is 2.93. The van der Waals surface area contributed by atoms with Gasteiger partial charge in [0.25, 0.3) is 5.69 Å². The van der Waals surface area contributed by atoms with Crippen LogP contribution in [-0.4, -0.2) is 31.1 Å². The summed E-state index contributed by atoms with van der Waals surface area (Å²) in [5.74, 6) is 0. The van der Waals surface area contributed by atoms with Gasteiger partial charge in [0.05, 0.1) is 16.4 Å². The Morgan fingerprint density at radius 1 is 1.47 bits per heavy atom. The second-order valence-corrected chi connectivity index (χ2v) is 5.80. The zero-order valence-corrected chi connectivity index (χ0v) is 11.5.